The van der Waals surface area contributed by atoms with Crippen LogP contribution in [0, 0.1) is 0 Å². The number of fused-ring (bicyclic) bond motifs is 6. The van der Waals surface area contributed by atoms with Gasteiger partial charge in [-0.3, -0.25) is 0 Å². The zero-order chi connectivity index (χ0) is 17.0. The maximum Gasteiger partial charge on any atom is 0.0721 e. The molecule has 0 aliphatic heterocycles. The van der Waals surface area contributed by atoms with E-state index >= 15 is 0 Å². The molecule has 2 aromatic carbocycles. The third-order valence-electron chi connectivity index (χ3n) is 5.90. The molecule has 0 unspecified atom stereocenters. The van der Waals surface area contributed by atoms with Gasteiger partial charge in [-0.15, -0.1) is 0 Å². The van der Waals surface area contributed by atoms with Crippen molar-refractivity contribution >= 4 is 0 Å². The summed E-state index contributed by atoms with van der Waals surface area (Å²) < 4.78 is 0. The maximum absolute atomic E-state index is 4.50. The van der Waals surface area contributed by atoms with Crippen LogP contribution in [0.25, 0.3) is 11.1 Å². The van der Waals surface area contributed by atoms with E-state index in [0.717, 1.165) is 12.8 Å². The van der Waals surface area contributed by atoms with Crippen molar-refractivity contribution in [3.05, 3.63) is 119 Å². The molecule has 0 aromatic heterocycles. The Balaban J connectivity index is 1.98. The lowest BCUT2D eigenvalue weighted by Crippen LogP contribution is -2.27. The predicted octanol–water partition coefficient (Wildman–Crippen LogP) is 6.28. The number of allylic oxidation sites excluding steroid dienone is 8. The molecule has 0 heterocycles. The second-order valence-electron chi connectivity index (χ2n) is 6.97. The van der Waals surface area contributed by atoms with Crippen LogP contribution in [0.3, 0.4) is 0 Å². The van der Waals surface area contributed by atoms with Crippen molar-refractivity contribution < 1.29 is 0 Å². The van der Waals surface area contributed by atoms with Gasteiger partial charge in [0.2, 0.25) is 0 Å². The van der Waals surface area contributed by atoms with Gasteiger partial charge in [0.25, 0.3) is 0 Å². The van der Waals surface area contributed by atoms with E-state index in [-0.39, 0.29) is 5.41 Å². The van der Waals surface area contributed by atoms with Crippen LogP contribution < -0.4 is 0 Å². The highest BCUT2D eigenvalue weighted by molar-refractivity contribution is 5.91. The van der Waals surface area contributed by atoms with Crippen LogP contribution in [-0.2, 0) is 5.41 Å². The minimum absolute atomic E-state index is 0.231. The first-order valence-corrected chi connectivity index (χ1v) is 8.92. The maximum atomic E-state index is 4.50. The highest BCUT2D eigenvalue weighted by Gasteiger charge is 2.53. The molecule has 0 saturated heterocycles. The first-order chi connectivity index (χ1) is 12.3. The molecule has 0 amide bonds. The van der Waals surface area contributed by atoms with Crippen LogP contribution in [0.4, 0.5) is 0 Å². The van der Waals surface area contributed by atoms with Gasteiger partial charge in [-0.1, -0.05) is 86.0 Å². The first-order valence-electron chi connectivity index (χ1n) is 8.92. The number of hydrogen-bond donors (Lipinski definition) is 0. The van der Waals surface area contributed by atoms with Crippen LogP contribution in [0.15, 0.2) is 108 Å². The molecular weight excluding hydrogens is 300 g/mol. The van der Waals surface area contributed by atoms with E-state index < -0.39 is 0 Å². The molecule has 120 valence electrons. The first kappa shape index (κ1) is 14.5. The molecule has 0 saturated carbocycles. The summed E-state index contributed by atoms with van der Waals surface area (Å²) in [4.78, 5) is 0. The highest BCUT2D eigenvalue weighted by Crippen LogP contribution is 2.63. The van der Waals surface area contributed by atoms with Gasteiger partial charge in [0.05, 0.1) is 5.41 Å². The van der Waals surface area contributed by atoms with Gasteiger partial charge in [0, 0.05) is 0 Å². The molecule has 0 bridgehead atoms. The summed E-state index contributed by atoms with van der Waals surface area (Å²) in [5.41, 5.74) is 10.5. The van der Waals surface area contributed by atoms with E-state index in [9.17, 15) is 0 Å². The summed E-state index contributed by atoms with van der Waals surface area (Å²) in [6.45, 7) is 8.48. The fourth-order valence-corrected chi connectivity index (χ4v) is 5.02. The molecule has 1 spiro atoms. The van der Waals surface area contributed by atoms with Crippen molar-refractivity contribution in [3.63, 3.8) is 0 Å². The number of hydrogen-bond acceptors (Lipinski definition) is 0. The molecule has 0 nitrogen and oxygen atoms in total. The van der Waals surface area contributed by atoms with Gasteiger partial charge in [-0.25, -0.2) is 0 Å². The van der Waals surface area contributed by atoms with Gasteiger partial charge in [0.15, 0.2) is 0 Å². The van der Waals surface area contributed by atoms with Gasteiger partial charge >= 0.3 is 0 Å². The van der Waals surface area contributed by atoms with E-state index in [2.05, 4.69) is 79.9 Å². The fourth-order valence-electron chi connectivity index (χ4n) is 5.02. The Morgan fingerprint density at radius 1 is 0.920 bits per heavy atom. The molecule has 0 N–H and O–H groups in total. The average Bonchev–Trinajstić information content (AvgIpc) is 3.10. The molecular formula is C25H20. The zero-order valence-electron chi connectivity index (χ0n) is 14.3. The van der Waals surface area contributed by atoms with Crippen LogP contribution in [0.2, 0.25) is 0 Å². The second-order valence-corrected chi connectivity index (χ2v) is 6.97. The van der Waals surface area contributed by atoms with Gasteiger partial charge in [-0.2, -0.15) is 0 Å². The van der Waals surface area contributed by atoms with Crippen LogP contribution in [0.1, 0.15) is 24.0 Å². The van der Waals surface area contributed by atoms with E-state index in [1.54, 1.807) is 0 Å². The topological polar surface area (TPSA) is 0 Å². The van der Waals surface area contributed by atoms with E-state index in [1.807, 2.05) is 6.08 Å². The van der Waals surface area contributed by atoms with Crippen molar-refractivity contribution in [2.24, 2.45) is 0 Å². The average molecular weight is 320 g/mol. The lowest BCUT2D eigenvalue weighted by atomic mass is 9.69. The Morgan fingerprint density at radius 3 is 2.20 bits per heavy atom. The summed E-state index contributed by atoms with van der Waals surface area (Å²) in [7, 11) is 0. The number of benzene rings is 2. The van der Waals surface area contributed by atoms with Crippen molar-refractivity contribution in [1.82, 2.24) is 0 Å². The monoisotopic (exact) mass is 320 g/mol. The minimum Gasteiger partial charge on any atom is -0.0991 e. The third-order valence-corrected chi connectivity index (χ3v) is 5.90. The molecule has 0 radical (unpaired) electrons. The van der Waals surface area contributed by atoms with Crippen molar-refractivity contribution in [2.45, 2.75) is 18.3 Å². The standard InChI is InChI=1S/C25H20/c1-3-10-21-17(2)18-11-4-7-14-22(18)25(21)23-15-8-5-12-19(23)20-13-6-9-16-24(20)25/h3,5-10,12-16H,1-2,4,11H2/b21-10+. The Kier molecular flexibility index (Phi) is 2.93. The summed E-state index contributed by atoms with van der Waals surface area (Å²) in [6, 6.07) is 17.7. The molecule has 5 rings (SSSR count). The summed E-state index contributed by atoms with van der Waals surface area (Å²) >= 11 is 0. The third kappa shape index (κ3) is 1.62. The lowest BCUT2D eigenvalue weighted by Gasteiger charge is -2.32. The van der Waals surface area contributed by atoms with E-state index in [1.165, 1.54) is 44.5 Å². The van der Waals surface area contributed by atoms with E-state index in [0.29, 0.717) is 0 Å². The van der Waals surface area contributed by atoms with Crippen molar-refractivity contribution in [2.75, 3.05) is 0 Å². The Bertz CT molecular complexity index is 978. The van der Waals surface area contributed by atoms with Crippen LogP contribution in [0.5, 0.6) is 0 Å². The largest absolute Gasteiger partial charge is 0.0991 e. The second kappa shape index (κ2) is 5.07. The fraction of sp³-hybridized carbons (Fsp3) is 0.120. The quantitative estimate of drug-likeness (QED) is 0.580. The SMILES string of the molecule is C=C/C=C1\C(=C)C2=C(C=CCC2)C12c1ccccc1-c1ccccc12. The molecule has 0 fully saturated rings. The van der Waals surface area contributed by atoms with E-state index in [4.69, 9.17) is 0 Å². The Hall–Kier alpha value is -2.86. The lowest BCUT2D eigenvalue weighted by molar-refractivity contribution is 0.775. The van der Waals surface area contributed by atoms with Gasteiger partial charge < -0.3 is 0 Å². The molecule has 25 heavy (non-hydrogen) atoms. The molecule has 0 heteroatoms. The predicted molar refractivity (Wildman–Crippen MR) is 105 cm³/mol. The van der Waals surface area contributed by atoms with Crippen molar-refractivity contribution in [1.29, 1.82) is 0 Å². The molecule has 3 aliphatic rings. The van der Waals surface area contributed by atoms with Crippen molar-refractivity contribution in [3.8, 4) is 11.1 Å². The molecule has 0 atom stereocenters. The zero-order valence-corrected chi connectivity index (χ0v) is 14.3. The minimum atomic E-state index is -0.231. The summed E-state index contributed by atoms with van der Waals surface area (Å²) in [6.07, 6.45) is 10.9. The Labute approximate surface area is 149 Å². The molecule has 2 aromatic rings. The van der Waals surface area contributed by atoms with Gasteiger partial charge in [0.1, 0.15) is 0 Å². The summed E-state index contributed by atoms with van der Waals surface area (Å²) in [5, 5.41) is 0. The number of rotatable bonds is 1. The summed E-state index contributed by atoms with van der Waals surface area (Å²) in [5.74, 6) is 0. The van der Waals surface area contributed by atoms with Gasteiger partial charge in [-0.05, 0) is 57.4 Å². The Morgan fingerprint density at radius 2 is 1.56 bits per heavy atom. The smallest absolute Gasteiger partial charge is 0.0721 e. The highest BCUT2D eigenvalue weighted by atomic mass is 14.5. The van der Waals surface area contributed by atoms with Crippen LogP contribution in [-0.4, -0.2) is 0 Å². The molecule has 3 aliphatic carbocycles. The van der Waals surface area contributed by atoms with Crippen LogP contribution >= 0.6 is 0 Å². The normalized spacial score (nSPS) is 20.8.